The zero-order chi connectivity index (χ0) is 23.3. The molecule has 2 aromatic rings. The van der Waals surface area contributed by atoms with Crippen LogP contribution in [0.2, 0.25) is 0 Å². The summed E-state index contributed by atoms with van der Waals surface area (Å²) in [6.07, 6.45) is 2.83. The van der Waals surface area contributed by atoms with Gasteiger partial charge in [0.15, 0.2) is 0 Å². The van der Waals surface area contributed by atoms with Gasteiger partial charge in [-0.3, -0.25) is 14.5 Å². The molecule has 32 heavy (non-hydrogen) atoms. The summed E-state index contributed by atoms with van der Waals surface area (Å²) in [5, 5.41) is 0. The molecule has 1 aliphatic heterocycles. The van der Waals surface area contributed by atoms with Crippen LogP contribution in [-0.2, 0) is 16.1 Å². The molecule has 2 amide bonds. The highest BCUT2D eigenvalue weighted by Gasteiger charge is 2.32. The van der Waals surface area contributed by atoms with Gasteiger partial charge in [-0.2, -0.15) is 0 Å². The van der Waals surface area contributed by atoms with Gasteiger partial charge in [0.25, 0.3) is 5.91 Å². The Labute approximate surface area is 200 Å². The summed E-state index contributed by atoms with van der Waals surface area (Å²) in [6, 6.07) is 18.0. The van der Waals surface area contributed by atoms with Gasteiger partial charge < -0.3 is 4.90 Å². The van der Waals surface area contributed by atoms with E-state index in [0.29, 0.717) is 35.2 Å². The first-order valence-corrected chi connectivity index (χ1v) is 12.0. The van der Waals surface area contributed by atoms with E-state index in [1.165, 1.54) is 17.3 Å². The van der Waals surface area contributed by atoms with E-state index in [1.807, 2.05) is 93.3 Å². The van der Waals surface area contributed by atoms with Gasteiger partial charge in [-0.15, -0.1) is 0 Å². The maximum Gasteiger partial charge on any atom is 0.266 e. The highest BCUT2D eigenvalue weighted by atomic mass is 32.2. The quantitative estimate of drug-likeness (QED) is 0.382. The highest BCUT2D eigenvalue weighted by molar-refractivity contribution is 8.26. The van der Waals surface area contributed by atoms with E-state index in [1.54, 1.807) is 4.90 Å². The molecule has 0 spiro atoms. The topological polar surface area (TPSA) is 40.6 Å². The van der Waals surface area contributed by atoms with Gasteiger partial charge in [-0.25, -0.2) is 0 Å². The van der Waals surface area contributed by atoms with Gasteiger partial charge >= 0.3 is 0 Å². The van der Waals surface area contributed by atoms with Crippen molar-refractivity contribution in [2.45, 2.75) is 52.6 Å². The van der Waals surface area contributed by atoms with Crippen LogP contribution in [0.25, 0.3) is 6.08 Å². The second-order valence-corrected chi connectivity index (χ2v) is 10.7. The highest BCUT2D eigenvalue weighted by Crippen LogP contribution is 2.33. The minimum Gasteiger partial charge on any atom is -0.334 e. The molecule has 0 aromatic heterocycles. The third-order valence-corrected chi connectivity index (χ3v) is 6.69. The second-order valence-electron chi connectivity index (χ2n) is 8.98. The second kappa shape index (κ2) is 10.5. The van der Waals surface area contributed by atoms with Crippen molar-refractivity contribution in [2.75, 3.05) is 6.54 Å². The lowest BCUT2D eigenvalue weighted by Crippen LogP contribution is -2.45. The number of carbonyl (C=O) groups excluding carboxylic acids is 2. The summed E-state index contributed by atoms with van der Waals surface area (Å²) < 4.78 is 0.553. The standard InChI is InChI=1S/C26H30N2O2S2/c1-19-12-14-20(15-13-19)17-22-24(30)27(25(31)32-22)16-8-11-23(29)28(26(2,3)4)18-21-9-6-5-7-10-21/h5-7,9-10,12-15,17H,8,11,16,18H2,1-4H3/b22-17-. The van der Waals surface area contributed by atoms with E-state index >= 15 is 0 Å². The summed E-state index contributed by atoms with van der Waals surface area (Å²) in [4.78, 5) is 30.0. The number of amides is 2. The summed E-state index contributed by atoms with van der Waals surface area (Å²) in [6.45, 7) is 9.20. The SMILES string of the molecule is Cc1ccc(/C=C2\SC(=S)N(CCCC(=O)N(Cc3ccccc3)C(C)(C)C)C2=O)cc1. The average Bonchev–Trinajstić information content (AvgIpc) is 3.00. The van der Waals surface area contributed by atoms with Crippen LogP contribution in [0, 0.1) is 6.92 Å². The fourth-order valence-corrected chi connectivity index (χ4v) is 4.80. The van der Waals surface area contributed by atoms with Crippen molar-refractivity contribution in [1.82, 2.24) is 9.80 Å². The van der Waals surface area contributed by atoms with E-state index in [9.17, 15) is 9.59 Å². The Bertz CT molecular complexity index is 1010. The molecule has 1 heterocycles. The molecule has 0 aliphatic carbocycles. The third-order valence-electron chi connectivity index (χ3n) is 5.32. The Morgan fingerprint density at radius 1 is 1.09 bits per heavy atom. The lowest BCUT2D eigenvalue weighted by atomic mass is 10.0. The molecule has 1 fully saturated rings. The molecule has 2 aromatic carbocycles. The van der Waals surface area contributed by atoms with Crippen LogP contribution < -0.4 is 0 Å². The zero-order valence-corrected chi connectivity index (χ0v) is 20.8. The van der Waals surface area contributed by atoms with Crippen LogP contribution in [-0.4, -0.2) is 38.0 Å². The average molecular weight is 467 g/mol. The van der Waals surface area contributed by atoms with Crippen molar-refractivity contribution >= 4 is 46.2 Å². The molecule has 0 bridgehead atoms. The Balaban J connectivity index is 1.59. The first kappa shape index (κ1) is 24.2. The van der Waals surface area contributed by atoms with Crippen LogP contribution in [0.15, 0.2) is 59.5 Å². The van der Waals surface area contributed by atoms with Crippen LogP contribution in [0.3, 0.4) is 0 Å². The number of rotatable bonds is 7. The maximum absolute atomic E-state index is 13.0. The molecule has 0 N–H and O–H groups in total. The van der Waals surface area contributed by atoms with Crippen molar-refractivity contribution in [3.05, 3.63) is 76.2 Å². The van der Waals surface area contributed by atoms with E-state index in [0.717, 1.165) is 11.1 Å². The zero-order valence-electron chi connectivity index (χ0n) is 19.1. The molecule has 1 aliphatic rings. The number of benzene rings is 2. The number of hydrogen-bond donors (Lipinski definition) is 0. The van der Waals surface area contributed by atoms with E-state index in [-0.39, 0.29) is 17.4 Å². The van der Waals surface area contributed by atoms with Crippen LogP contribution in [0.5, 0.6) is 0 Å². The fourth-order valence-electron chi connectivity index (χ4n) is 3.50. The predicted octanol–water partition coefficient (Wildman–Crippen LogP) is 5.80. The van der Waals surface area contributed by atoms with Gasteiger partial charge in [0, 0.05) is 25.0 Å². The largest absolute Gasteiger partial charge is 0.334 e. The Hall–Kier alpha value is -2.44. The molecule has 3 rings (SSSR count). The molecule has 4 nitrogen and oxygen atoms in total. The van der Waals surface area contributed by atoms with Gasteiger partial charge in [0.2, 0.25) is 5.91 Å². The molecule has 6 heteroatoms. The normalized spacial score (nSPS) is 15.5. The fraction of sp³-hybridized carbons (Fsp3) is 0.346. The van der Waals surface area contributed by atoms with Crippen LogP contribution in [0.4, 0.5) is 0 Å². The number of carbonyl (C=O) groups is 2. The molecule has 0 atom stereocenters. The van der Waals surface area contributed by atoms with Crippen molar-refractivity contribution in [3.8, 4) is 0 Å². The minimum atomic E-state index is -0.286. The van der Waals surface area contributed by atoms with Crippen molar-refractivity contribution in [1.29, 1.82) is 0 Å². The predicted molar refractivity (Wildman–Crippen MR) is 137 cm³/mol. The van der Waals surface area contributed by atoms with Crippen LogP contribution in [0.1, 0.15) is 50.3 Å². The van der Waals surface area contributed by atoms with Gasteiger partial charge in [0.05, 0.1) is 4.91 Å². The lowest BCUT2D eigenvalue weighted by Gasteiger charge is -2.36. The van der Waals surface area contributed by atoms with Crippen molar-refractivity contribution < 1.29 is 9.59 Å². The first-order chi connectivity index (χ1) is 15.1. The van der Waals surface area contributed by atoms with E-state index < -0.39 is 0 Å². The molecule has 0 unspecified atom stereocenters. The molecular formula is C26H30N2O2S2. The van der Waals surface area contributed by atoms with Crippen molar-refractivity contribution in [2.24, 2.45) is 0 Å². The monoisotopic (exact) mass is 466 g/mol. The molecule has 0 saturated carbocycles. The number of aryl methyl sites for hydroxylation is 1. The van der Waals surface area contributed by atoms with Gasteiger partial charge in [-0.1, -0.05) is 84.1 Å². The van der Waals surface area contributed by atoms with Crippen LogP contribution >= 0.6 is 24.0 Å². The summed E-state index contributed by atoms with van der Waals surface area (Å²) in [5.41, 5.74) is 2.98. The maximum atomic E-state index is 13.0. The Morgan fingerprint density at radius 2 is 1.75 bits per heavy atom. The summed E-state index contributed by atoms with van der Waals surface area (Å²) in [5.74, 6) is 0.00646. The molecule has 1 saturated heterocycles. The summed E-state index contributed by atoms with van der Waals surface area (Å²) >= 11 is 6.77. The van der Waals surface area contributed by atoms with Crippen molar-refractivity contribution in [3.63, 3.8) is 0 Å². The third kappa shape index (κ3) is 6.30. The lowest BCUT2D eigenvalue weighted by molar-refractivity contribution is -0.137. The Kier molecular flexibility index (Phi) is 7.91. The number of hydrogen-bond acceptors (Lipinski definition) is 4. The van der Waals surface area contributed by atoms with Gasteiger partial charge in [0.1, 0.15) is 4.32 Å². The summed E-state index contributed by atoms with van der Waals surface area (Å²) in [7, 11) is 0. The van der Waals surface area contributed by atoms with E-state index in [4.69, 9.17) is 12.2 Å². The number of thioether (sulfide) groups is 1. The first-order valence-electron chi connectivity index (χ1n) is 10.8. The van der Waals surface area contributed by atoms with E-state index in [2.05, 4.69) is 0 Å². The van der Waals surface area contributed by atoms with Gasteiger partial charge in [-0.05, 0) is 51.3 Å². The molecular weight excluding hydrogens is 436 g/mol. The Morgan fingerprint density at radius 3 is 2.38 bits per heavy atom. The smallest absolute Gasteiger partial charge is 0.266 e. The molecule has 0 radical (unpaired) electrons. The number of thiocarbonyl (C=S) groups is 1. The number of nitrogens with zero attached hydrogens (tertiary/aromatic N) is 2. The molecule has 168 valence electrons. The minimum absolute atomic E-state index is 0.0787.